The monoisotopic (exact) mass is 861 g/mol. The second-order valence-corrected chi connectivity index (χ2v) is 19.8. The summed E-state index contributed by atoms with van der Waals surface area (Å²) in [5, 5.41) is 3.54. The molecule has 1 aliphatic rings. The molecule has 0 amide bonds. The highest BCUT2D eigenvalue weighted by Gasteiger charge is 2.16. The van der Waals surface area contributed by atoms with Crippen molar-refractivity contribution in [3.8, 4) is 0 Å². The Morgan fingerprint density at radius 2 is 0.770 bits per heavy atom. The molecule has 1 rings (SSSR count). The minimum atomic E-state index is 0.0289. The maximum absolute atomic E-state index is 12.7. The lowest BCUT2D eigenvalue weighted by Crippen LogP contribution is -2.32. The predicted octanol–water partition coefficient (Wildman–Crippen LogP) is 16.1. The van der Waals surface area contributed by atoms with Crippen molar-refractivity contribution in [1.82, 2.24) is 10.2 Å². The number of nitrogens with zero attached hydrogens (tertiary/aromatic N) is 1. The topological polar surface area (TPSA) is 67.9 Å². The Labute approximate surface area is 381 Å². The van der Waals surface area contributed by atoms with Gasteiger partial charge in [0.15, 0.2) is 0 Å². The van der Waals surface area contributed by atoms with Crippen LogP contribution in [0, 0.1) is 17.8 Å². The lowest BCUT2D eigenvalue weighted by molar-refractivity contribution is -0.146. The third-order valence-corrected chi connectivity index (χ3v) is 13.8. The summed E-state index contributed by atoms with van der Waals surface area (Å²) in [4.78, 5) is 28.1. The van der Waals surface area contributed by atoms with Gasteiger partial charge < -0.3 is 19.7 Å². The highest BCUT2D eigenvalue weighted by molar-refractivity contribution is 5.69. The molecular weight excluding hydrogens is 753 g/mol. The lowest BCUT2D eigenvalue weighted by atomic mass is 9.94. The molecule has 6 nitrogen and oxygen atoms in total. The minimum absolute atomic E-state index is 0.0289. The van der Waals surface area contributed by atoms with Crippen LogP contribution in [-0.2, 0) is 19.1 Å². The van der Waals surface area contributed by atoms with E-state index in [1.165, 1.54) is 245 Å². The zero-order chi connectivity index (χ0) is 44.1. The quantitative estimate of drug-likeness (QED) is 0.0486. The Kier molecular flexibility index (Phi) is 43.1. The van der Waals surface area contributed by atoms with Crippen molar-refractivity contribution in [3.05, 3.63) is 0 Å². The minimum Gasteiger partial charge on any atom is -0.465 e. The van der Waals surface area contributed by atoms with E-state index in [4.69, 9.17) is 9.47 Å². The molecular formula is C55H108N2O4. The highest BCUT2D eigenvalue weighted by atomic mass is 16.5. The summed E-state index contributed by atoms with van der Waals surface area (Å²) in [5.74, 6) is 2.03. The van der Waals surface area contributed by atoms with Gasteiger partial charge in [-0.25, -0.2) is 0 Å². The van der Waals surface area contributed by atoms with Gasteiger partial charge in [-0.05, 0) is 121 Å². The van der Waals surface area contributed by atoms with Gasteiger partial charge in [0.25, 0.3) is 0 Å². The fourth-order valence-corrected chi connectivity index (χ4v) is 9.48. The van der Waals surface area contributed by atoms with Crippen LogP contribution in [0.15, 0.2) is 0 Å². The summed E-state index contributed by atoms with van der Waals surface area (Å²) in [6, 6.07) is 0. The van der Waals surface area contributed by atoms with Crippen molar-refractivity contribution in [2.45, 2.75) is 278 Å². The number of rotatable bonds is 47. The van der Waals surface area contributed by atoms with E-state index in [2.05, 4.69) is 37.9 Å². The van der Waals surface area contributed by atoms with Gasteiger partial charge in [0.2, 0.25) is 0 Å². The number of nitrogens with one attached hydrogen (secondary N) is 1. The van der Waals surface area contributed by atoms with Crippen LogP contribution in [0.5, 0.6) is 0 Å². The van der Waals surface area contributed by atoms with Crippen LogP contribution >= 0.6 is 0 Å². The first kappa shape index (κ1) is 57.9. The average molecular weight is 861 g/mol. The Morgan fingerprint density at radius 1 is 0.443 bits per heavy atom. The normalized spacial score (nSPS) is 14.4. The predicted molar refractivity (Wildman–Crippen MR) is 264 cm³/mol. The van der Waals surface area contributed by atoms with E-state index in [0.29, 0.717) is 37.9 Å². The number of esters is 2. The molecule has 0 spiro atoms. The van der Waals surface area contributed by atoms with Gasteiger partial charge in [0.05, 0.1) is 13.2 Å². The molecule has 0 aromatic rings. The third kappa shape index (κ3) is 39.0. The maximum atomic E-state index is 12.7. The highest BCUT2D eigenvalue weighted by Crippen LogP contribution is 2.22. The van der Waals surface area contributed by atoms with Crippen LogP contribution in [0.4, 0.5) is 0 Å². The first-order valence-corrected chi connectivity index (χ1v) is 27.8. The van der Waals surface area contributed by atoms with Crippen LogP contribution in [-0.4, -0.2) is 62.8 Å². The van der Waals surface area contributed by atoms with Crippen molar-refractivity contribution in [2.24, 2.45) is 17.8 Å². The van der Waals surface area contributed by atoms with E-state index < -0.39 is 0 Å². The summed E-state index contributed by atoms with van der Waals surface area (Å²) in [6.07, 6.45) is 48.1. The molecule has 1 saturated heterocycles. The molecule has 0 aromatic heterocycles. The van der Waals surface area contributed by atoms with Gasteiger partial charge in [-0.1, -0.05) is 195 Å². The molecule has 1 fully saturated rings. The van der Waals surface area contributed by atoms with Crippen molar-refractivity contribution in [2.75, 3.05) is 45.9 Å². The molecule has 0 radical (unpaired) electrons. The Bertz CT molecular complexity index is 862. The average Bonchev–Trinajstić information content (AvgIpc) is 3.27. The second-order valence-electron chi connectivity index (χ2n) is 19.8. The molecule has 1 heterocycles. The SMILES string of the molecule is CCCCCCCCC(CCCCCC)COC(=O)CCCCCCCN(CCCCCCCC(=O)OCC(CCCCCC)CCCCCCCC)CCC1CCNCC1. The van der Waals surface area contributed by atoms with E-state index in [-0.39, 0.29) is 11.9 Å². The number of carbonyl (C=O) groups excluding carboxylic acids is 2. The molecule has 1 N–H and O–H groups in total. The fourth-order valence-electron chi connectivity index (χ4n) is 9.48. The molecule has 0 aromatic carbocycles. The smallest absolute Gasteiger partial charge is 0.305 e. The van der Waals surface area contributed by atoms with Crippen molar-refractivity contribution < 1.29 is 19.1 Å². The number of carbonyl (C=O) groups is 2. The summed E-state index contributed by atoms with van der Waals surface area (Å²) in [5.41, 5.74) is 0. The number of hydrogen-bond donors (Lipinski definition) is 1. The van der Waals surface area contributed by atoms with Crippen LogP contribution in [0.2, 0.25) is 0 Å². The molecule has 6 heteroatoms. The molecule has 0 bridgehead atoms. The number of unbranched alkanes of at least 4 members (excludes halogenated alkanes) is 24. The Hall–Kier alpha value is -1.14. The summed E-state index contributed by atoms with van der Waals surface area (Å²) in [6.45, 7) is 16.4. The van der Waals surface area contributed by atoms with Crippen LogP contribution in [0.1, 0.15) is 278 Å². The molecule has 61 heavy (non-hydrogen) atoms. The van der Waals surface area contributed by atoms with Crippen LogP contribution in [0.3, 0.4) is 0 Å². The summed E-state index contributed by atoms with van der Waals surface area (Å²) >= 11 is 0. The first-order chi connectivity index (χ1) is 30.0. The third-order valence-electron chi connectivity index (χ3n) is 13.8. The van der Waals surface area contributed by atoms with E-state index >= 15 is 0 Å². The van der Waals surface area contributed by atoms with Gasteiger partial charge in [-0.3, -0.25) is 9.59 Å². The Balaban J connectivity index is 2.30. The van der Waals surface area contributed by atoms with E-state index in [1.807, 2.05) is 0 Å². The van der Waals surface area contributed by atoms with Gasteiger partial charge in [-0.2, -0.15) is 0 Å². The zero-order valence-corrected chi connectivity index (χ0v) is 41.8. The van der Waals surface area contributed by atoms with Crippen molar-refractivity contribution in [1.29, 1.82) is 0 Å². The molecule has 2 unspecified atom stereocenters. The fraction of sp³-hybridized carbons (Fsp3) is 0.964. The van der Waals surface area contributed by atoms with E-state index in [0.717, 1.165) is 31.6 Å². The second kappa shape index (κ2) is 45.4. The molecule has 1 aliphatic heterocycles. The van der Waals surface area contributed by atoms with Gasteiger partial charge in [0.1, 0.15) is 0 Å². The van der Waals surface area contributed by atoms with Crippen molar-refractivity contribution >= 4 is 11.9 Å². The number of piperidine rings is 1. The molecule has 0 saturated carbocycles. The summed E-state index contributed by atoms with van der Waals surface area (Å²) in [7, 11) is 0. The maximum Gasteiger partial charge on any atom is 0.305 e. The molecule has 2 atom stereocenters. The molecule has 0 aliphatic carbocycles. The van der Waals surface area contributed by atoms with Crippen LogP contribution in [0.25, 0.3) is 0 Å². The number of hydrogen-bond acceptors (Lipinski definition) is 6. The van der Waals surface area contributed by atoms with E-state index in [9.17, 15) is 9.59 Å². The number of ether oxygens (including phenoxy) is 2. The zero-order valence-electron chi connectivity index (χ0n) is 41.8. The first-order valence-electron chi connectivity index (χ1n) is 27.8. The van der Waals surface area contributed by atoms with Crippen LogP contribution < -0.4 is 5.32 Å². The van der Waals surface area contributed by atoms with Gasteiger partial charge >= 0.3 is 11.9 Å². The van der Waals surface area contributed by atoms with Crippen molar-refractivity contribution in [3.63, 3.8) is 0 Å². The summed E-state index contributed by atoms with van der Waals surface area (Å²) < 4.78 is 11.7. The molecule has 362 valence electrons. The van der Waals surface area contributed by atoms with Gasteiger partial charge in [-0.15, -0.1) is 0 Å². The Morgan fingerprint density at radius 3 is 1.16 bits per heavy atom. The standard InChI is InChI=1S/C55H108N2O4/c1-5-9-13-17-21-29-37-52(35-27-15-11-7-3)49-60-54(58)39-31-23-19-25-33-46-57(48-43-51-41-44-56-45-42-51)47-34-26-20-24-32-40-55(59)61-50-53(36-28-16-12-8-4)38-30-22-18-14-10-6-2/h51-53,56H,5-50H2,1-4H3. The van der Waals surface area contributed by atoms with E-state index in [1.54, 1.807) is 0 Å². The largest absolute Gasteiger partial charge is 0.465 e. The van der Waals surface area contributed by atoms with Gasteiger partial charge in [0, 0.05) is 12.8 Å². The lowest BCUT2D eigenvalue weighted by Gasteiger charge is -2.27.